The van der Waals surface area contributed by atoms with Gasteiger partial charge in [0.05, 0.1) is 0 Å². The van der Waals surface area contributed by atoms with Crippen molar-refractivity contribution in [2.45, 2.75) is 13.8 Å². The van der Waals surface area contributed by atoms with Gasteiger partial charge in [-0.05, 0) is 13.0 Å². The predicted molar refractivity (Wildman–Crippen MR) is 50.2 cm³/mol. The second kappa shape index (κ2) is 2.69. The van der Waals surface area contributed by atoms with Gasteiger partial charge in [-0.1, -0.05) is 12.1 Å². The number of hydrogen-bond acceptors (Lipinski definition) is 2. The van der Waals surface area contributed by atoms with Gasteiger partial charge in [0.15, 0.2) is 0 Å². The third-order valence-corrected chi connectivity index (χ3v) is 2.22. The minimum absolute atomic E-state index is 0.630. The van der Waals surface area contributed by atoms with Crippen molar-refractivity contribution in [3.05, 3.63) is 40.9 Å². The molecule has 0 aliphatic heterocycles. The Morgan fingerprint density at radius 2 is 1.92 bits per heavy atom. The summed E-state index contributed by atoms with van der Waals surface area (Å²) in [7, 11) is 0. The first kappa shape index (κ1) is 7.98. The molecule has 0 aliphatic rings. The molecule has 3 heteroatoms. The van der Waals surface area contributed by atoms with Crippen LogP contribution in [0.25, 0.3) is 11.0 Å². The topological polar surface area (TPSA) is 39.8 Å². The lowest BCUT2D eigenvalue weighted by Gasteiger charge is -2.05. The van der Waals surface area contributed by atoms with Gasteiger partial charge in [0.1, 0.15) is 11.2 Å². The van der Waals surface area contributed by atoms with E-state index in [-0.39, 0.29) is 0 Å². The van der Waals surface area contributed by atoms with E-state index < -0.39 is 0 Å². The largest absolute Gasteiger partial charge is 0.618 e. The molecule has 3 nitrogen and oxygen atoms in total. The highest BCUT2D eigenvalue weighted by molar-refractivity contribution is 5.70. The molecule has 0 saturated heterocycles. The molecule has 0 unspecified atom stereocenters. The summed E-state index contributed by atoms with van der Waals surface area (Å²) in [5, 5.41) is 11.6. The summed E-state index contributed by atoms with van der Waals surface area (Å²) in [6.07, 6.45) is 0. The van der Waals surface area contributed by atoms with Gasteiger partial charge < -0.3 is 5.21 Å². The molecule has 2 aromatic rings. The van der Waals surface area contributed by atoms with Crippen LogP contribution in [0, 0.1) is 19.1 Å². The zero-order chi connectivity index (χ0) is 9.42. The molecule has 1 heterocycles. The molecule has 13 heavy (non-hydrogen) atoms. The van der Waals surface area contributed by atoms with Gasteiger partial charge in [0, 0.05) is 13.0 Å². The van der Waals surface area contributed by atoms with E-state index in [1.54, 1.807) is 13.0 Å². The van der Waals surface area contributed by atoms with Crippen molar-refractivity contribution in [1.82, 2.24) is 4.98 Å². The molecule has 0 bridgehead atoms. The van der Waals surface area contributed by atoms with Crippen molar-refractivity contribution in [3.63, 3.8) is 0 Å². The van der Waals surface area contributed by atoms with E-state index in [9.17, 15) is 5.21 Å². The number of benzene rings is 1. The Labute approximate surface area is 76.2 Å². The fraction of sp³-hybridized carbons (Fsp3) is 0.200. The molecule has 0 atom stereocenters. The summed E-state index contributed by atoms with van der Waals surface area (Å²) < 4.78 is 0.928. The van der Waals surface area contributed by atoms with Gasteiger partial charge in [0.2, 0.25) is 11.2 Å². The molecule has 1 aromatic carbocycles. The van der Waals surface area contributed by atoms with Gasteiger partial charge in [-0.15, -0.1) is 0 Å². The van der Waals surface area contributed by atoms with Crippen molar-refractivity contribution in [3.8, 4) is 0 Å². The first-order valence-electron chi connectivity index (χ1n) is 4.15. The maximum absolute atomic E-state index is 11.6. The summed E-state index contributed by atoms with van der Waals surface area (Å²) in [5.74, 6) is 0. The minimum atomic E-state index is 0.630. The SMILES string of the molecule is Cc1nc2ccccc2[n+]([O-])c1C. The lowest BCUT2D eigenvalue weighted by Crippen LogP contribution is -2.32. The molecule has 66 valence electrons. The summed E-state index contributed by atoms with van der Waals surface area (Å²) >= 11 is 0. The Balaban J connectivity index is 2.94. The van der Waals surface area contributed by atoms with Crippen LogP contribution in [0.4, 0.5) is 0 Å². The van der Waals surface area contributed by atoms with Gasteiger partial charge >= 0.3 is 0 Å². The highest BCUT2D eigenvalue weighted by Gasteiger charge is 2.10. The first-order valence-corrected chi connectivity index (χ1v) is 4.15. The summed E-state index contributed by atoms with van der Waals surface area (Å²) in [6, 6.07) is 7.34. The van der Waals surface area contributed by atoms with Crippen LogP contribution in [0.15, 0.2) is 24.3 Å². The van der Waals surface area contributed by atoms with Gasteiger partial charge in [0.25, 0.3) is 0 Å². The van der Waals surface area contributed by atoms with E-state index >= 15 is 0 Å². The van der Waals surface area contributed by atoms with Crippen molar-refractivity contribution in [2.75, 3.05) is 0 Å². The van der Waals surface area contributed by atoms with Crippen LogP contribution < -0.4 is 4.73 Å². The quantitative estimate of drug-likeness (QED) is 0.448. The fourth-order valence-corrected chi connectivity index (χ4v) is 1.32. The molecular weight excluding hydrogens is 164 g/mol. The molecule has 0 aliphatic carbocycles. The number of aryl methyl sites for hydroxylation is 1. The Morgan fingerprint density at radius 3 is 2.69 bits per heavy atom. The summed E-state index contributed by atoms with van der Waals surface area (Å²) in [4.78, 5) is 4.32. The Hall–Kier alpha value is -1.64. The summed E-state index contributed by atoms with van der Waals surface area (Å²) in [5.41, 5.74) is 2.83. The van der Waals surface area contributed by atoms with Gasteiger partial charge in [-0.2, -0.15) is 4.73 Å². The van der Waals surface area contributed by atoms with Crippen molar-refractivity contribution in [2.24, 2.45) is 0 Å². The highest BCUT2D eigenvalue weighted by Crippen LogP contribution is 2.08. The molecule has 1 aromatic heterocycles. The zero-order valence-corrected chi connectivity index (χ0v) is 7.61. The van der Waals surface area contributed by atoms with Crippen LogP contribution in [0.2, 0.25) is 0 Å². The lowest BCUT2D eigenvalue weighted by molar-refractivity contribution is -0.585. The average Bonchev–Trinajstić information content (AvgIpc) is 2.15. The smallest absolute Gasteiger partial charge is 0.242 e. The Bertz CT molecular complexity index is 466. The number of fused-ring (bicyclic) bond motifs is 1. The average molecular weight is 174 g/mol. The van der Waals surface area contributed by atoms with Crippen LogP contribution in [-0.2, 0) is 0 Å². The Kier molecular flexibility index (Phi) is 1.65. The molecule has 0 fully saturated rings. The number of aromatic nitrogens is 2. The molecule has 2 rings (SSSR count). The van der Waals surface area contributed by atoms with Crippen molar-refractivity contribution in [1.29, 1.82) is 0 Å². The highest BCUT2D eigenvalue weighted by atomic mass is 16.5. The van der Waals surface area contributed by atoms with Crippen molar-refractivity contribution < 1.29 is 4.73 Å². The number of para-hydroxylation sites is 2. The number of rotatable bonds is 0. The van der Waals surface area contributed by atoms with Crippen LogP contribution in [0.3, 0.4) is 0 Å². The maximum Gasteiger partial charge on any atom is 0.242 e. The second-order valence-electron chi connectivity index (χ2n) is 3.07. The molecule has 0 N–H and O–H groups in total. The number of nitrogens with zero attached hydrogens (tertiary/aromatic N) is 2. The molecule has 0 spiro atoms. The van der Waals surface area contributed by atoms with E-state index in [1.807, 2.05) is 25.1 Å². The van der Waals surface area contributed by atoms with Crippen LogP contribution in [0.5, 0.6) is 0 Å². The third-order valence-electron chi connectivity index (χ3n) is 2.22. The lowest BCUT2D eigenvalue weighted by atomic mass is 10.2. The van der Waals surface area contributed by atoms with E-state index in [2.05, 4.69) is 4.98 Å². The minimum Gasteiger partial charge on any atom is -0.618 e. The molecule has 0 amide bonds. The third kappa shape index (κ3) is 1.13. The molecular formula is C10H10N2O. The van der Waals surface area contributed by atoms with Crippen LogP contribution in [0.1, 0.15) is 11.4 Å². The standard InChI is InChI=1S/C10H10N2O/c1-7-8(2)12(13)10-6-4-3-5-9(10)11-7/h3-6H,1-2H3. The Morgan fingerprint density at radius 1 is 1.23 bits per heavy atom. The zero-order valence-electron chi connectivity index (χ0n) is 7.61. The van der Waals surface area contributed by atoms with Crippen molar-refractivity contribution >= 4 is 11.0 Å². The van der Waals surface area contributed by atoms with Gasteiger partial charge in [-0.25, -0.2) is 4.98 Å². The molecule has 0 saturated carbocycles. The van der Waals surface area contributed by atoms with Crippen LogP contribution in [-0.4, -0.2) is 4.98 Å². The van der Waals surface area contributed by atoms with E-state index in [0.717, 1.165) is 15.9 Å². The maximum atomic E-state index is 11.6. The molecule has 0 radical (unpaired) electrons. The number of hydrogen-bond donors (Lipinski definition) is 0. The van der Waals surface area contributed by atoms with E-state index in [0.29, 0.717) is 11.2 Å². The predicted octanol–water partition coefficient (Wildman–Crippen LogP) is 1.49. The summed E-state index contributed by atoms with van der Waals surface area (Å²) in [6.45, 7) is 3.62. The van der Waals surface area contributed by atoms with E-state index in [4.69, 9.17) is 0 Å². The van der Waals surface area contributed by atoms with Crippen LogP contribution >= 0.6 is 0 Å². The first-order chi connectivity index (χ1) is 6.20. The van der Waals surface area contributed by atoms with E-state index in [1.165, 1.54) is 0 Å². The van der Waals surface area contributed by atoms with Gasteiger partial charge in [-0.3, -0.25) is 0 Å². The fourth-order valence-electron chi connectivity index (χ4n) is 1.32. The second-order valence-corrected chi connectivity index (χ2v) is 3.07. The normalized spacial score (nSPS) is 10.6. The monoisotopic (exact) mass is 174 g/mol.